The number of anilines is 1. The van der Waals surface area contributed by atoms with E-state index in [0.717, 1.165) is 37.4 Å². The van der Waals surface area contributed by atoms with Gasteiger partial charge in [-0.25, -0.2) is 0 Å². The third-order valence-electron chi connectivity index (χ3n) is 3.74. The lowest BCUT2D eigenvalue weighted by Gasteiger charge is -2.26. The van der Waals surface area contributed by atoms with Gasteiger partial charge in [-0.3, -0.25) is 9.48 Å². The Balaban J connectivity index is 2.37. The highest BCUT2D eigenvalue weighted by Crippen LogP contribution is 2.30. The lowest BCUT2D eigenvalue weighted by Crippen LogP contribution is -2.43. The van der Waals surface area contributed by atoms with Gasteiger partial charge < -0.3 is 15.5 Å². The van der Waals surface area contributed by atoms with Crippen LogP contribution in [0.4, 0.5) is 5.82 Å². The van der Waals surface area contributed by atoms with Crippen LogP contribution in [-0.2, 0) is 18.4 Å². The summed E-state index contributed by atoms with van der Waals surface area (Å²) in [5.41, 5.74) is 2.20. The number of nitrogens with zero attached hydrogens (tertiary/aromatic N) is 3. The fraction of sp³-hybridized carbons (Fsp3) is 0.692. The predicted molar refractivity (Wildman–Crippen MR) is 75.1 cm³/mol. The summed E-state index contributed by atoms with van der Waals surface area (Å²) < 4.78 is 1.89. The Morgan fingerprint density at radius 3 is 2.84 bits per heavy atom. The molecule has 2 rings (SSSR count). The molecule has 19 heavy (non-hydrogen) atoms. The highest BCUT2D eigenvalue weighted by Gasteiger charge is 2.33. The van der Waals surface area contributed by atoms with Crippen molar-refractivity contribution in [3.63, 3.8) is 0 Å². The molecule has 1 atom stereocenters. The molecule has 1 aromatic heterocycles. The summed E-state index contributed by atoms with van der Waals surface area (Å²) in [7, 11) is 5.57. The van der Waals surface area contributed by atoms with Crippen LogP contribution in [0.15, 0.2) is 0 Å². The van der Waals surface area contributed by atoms with Gasteiger partial charge in [-0.15, -0.1) is 0 Å². The molecule has 1 unspecified atom stereocenters. The molecule has 1 saturated heterocycles. The Labute approximate surface area is 114 Å². The number of carbonyl (C=O) groups is 1. The van der Waals surface area contributed by atoms with E-state index < -0.39 is 0 Å². The number of nitrogens with one attached hydrogen (secondary N) is 2. The van der Waals surface area contributed by atoms with Gasteiger partial charge in [0.05, 0.1) is 5.69 Å². The van der Waals surface area contributed by atoms with Crippen LogP contribution >= 0.6 is 0 Å². The van der Waals surface area contributed by atoms with Crippen molar-refractivity contribution in [3.05, 3.63) is 11.3 Å². The van der Waals surface area contributed by atoms with Crippen molar-refractivity contribution in [2.45, 2.75) is 32.4 Å². The average molecular weight is 265 g/mol. The highest BCUT2D eigenvalue weighted by atomic mass is 16.2. The van der Waals surface area contributed by atoms with Crippen LogP contribution < -0.4 is 15.5 Å². The summed E-state index contributed by atoms with van der Waals surface area (Å²) >= 11 is 0. The zero-order valence-electron chi connectivity index (χ0n) is 12.2. The largest absolute Gasteiger partial charge is 0.357 e. The zero-order chi connectivity index (χ0) is 14.0. The number of hydrogen-bond acceptors (Lipinski definition) is 4. The van der Waals surface area contributed by atoms with E-state index in [0.29, 0.717) is 0 Å². The predicted octanol–water partition coefficient (Wildman–Crippen LogP) is 0.163. The van der Waals surface area contributed by atoms with E-state index in [1.165, 1.54) is 5.56 Å². The second-order valence-electron chi connectivity index (χ2n) is 5.01. The summed E-state index contributed by atoms with van der Waals surface area (Å²) in [4.78, 5) is 14.2. The minimum Gasteiger partial charge on any atom is -0.357 e. The molecule has 2 heterocycles. The van der Waals surface area contributed by atoms with Crippen molar-refractivity contribution in [1.29, 1.82) is 0 Å². The van der Waals surface area contributed by atoms with Crippen LogP contribution in [0.5, 0.6) is 0 Å². The molecule has 1 amide bonds. The van der Waals surface area contributed by atoms with Gasteiger partial charge in [0.15, 0.2) is 0 Å². The first-order chi connectivity index (χ1) is 9.10. The maximum atomic E-state index is 12.0. The van der Waals surface area contributed by atoms with Gasteiger partial charge in [0.25, 0.3) is 0 Å². The molecule has 0 aromatic carbocycles. The van der Waals surface area contributed by atoms with Crippen molar-refractivity contribution in [1.82, 2.24) is 20.4 Å². The summed E-state index contributed by atoms with van der Waals surface area (Å²) in [5.74, 6) is 1.16. The minimum absolute atomic E-state index is 0.0737. The molecule has 1 fully saturated rings. The fourth-order valence-corrected chi connectivity index (χ4v) is 2.89. The topological polar surface area (TPSA) is 62.2 Å². The molecule has 2 N–H and O–H groups in total. The number of aromatic nitrogens is 2. The van der Waals surface area contributed by atoms with E-state index in [-0.39, 0.29) is 11.9 Å². The van der Waals surface area contributed by atoms with Crippen LogP contribution in [0.1, 0.15) is 24.1 Å². The van der Waals surface area contributed by atoms with E-state index in [4.69, 9.17) is 0 Å². The molecule has 6 nitrogen and oxygen atoms in total. The molecule has 0 bridgehead atoms. The summed E-state index contributed by atoms with van der Waals surface area (Å²) in [6.07, 6.45) is 1.95. The molecule has 0 spiro atoms. The van der Waals surface area contributed by atoms with Crippen molar-refractivity contribution >= 4 is 11.7 Å². The highest BCUT2D eigenvalue weighted by molar-refractivity contribution is 5.85. The molecule has 0 saturated carbocycles. The summed E-state index contributed by atoms with van der Waals surface area (Å²) in [6.45, 7) is 3.70. The standard InChI is InChI=1S/C13H23N5O/c1-9-10(8-14-2)13(17(4)16-9)18-7-5-6-11(18)12(19)15-3/h11,14H,5-8H2,1-4H3,(H,15,19). The Kier molecular flexibility index (Phi) is 4.09. The first-order valence-electron chi connectivity index (χ1n) is 6.75. The molecule has 0 aliphatic carbocycles. The quantitative estimate of drug-likeness (QED) is 0.814. The minimum atomic E-state index is -0.0737. The van der Waals surface area contributed by atoms with Gasteiger partial charge in [-0.1, -0.05) is 0 Å². The van der Waals surface area contributed by atoms with Gasteiger partial charge in [-0.05, 0) is 26.8 Å². The van der Waals surface area contributed by atoms with Crippen molar-refractivity contribution in [2.24, 2.45) is 7.05 Å². The smallest absolute Gasteiger partial charge is 0.242 e. The normalized spacial score (nSPS) is 18.9. The molecular formula is C13H23N5O. The molecule has 6 heteroatoms. The Morgan fingerprint density at radius 2 is 2.21 bits per heavy atom. The van der Waals surface area contributed by atoms with E-state index in [2.05, 4.69) is 20.6 Å². The van der Waals surface area contributed by atoms with Gasteiger partial charge in [0.2, 0.25) is 5.91 Å². The number of aryl methyl sites for hydroxylation is 2. The third-order valence-corrected chi connectivity index (χ3v) is 3.74. The third kappa shape index (κ3) is 2.45. The molecular weight excluding hydrogens is 242 g/mol. The Morgan fingerprint density at radius 1 is 1.47 bits per heavy atom. The lowest BCUT2D eigenvalue weighted by atomic mass is 10.2. The monoisotopic (exact) mass is 265 g/mol. The fourth-order valence-electron chi connectivity index (χ4n) is 2.89. The lowest BCUT2D eigenvalue weighted by molar-refractivity contribution is -0.121. The molecule has 1 aliphatic heterocycles. The summed E-state index contributed by atoms with van der Waals surface area (Å²) in [6, 6.07) is -0.0737. The second kappa shape index (κ2) is 5.61. The Hall–Kier alpha value is -1.56. The van der Waals surface area contributed by atoms with E-state index in [9.17, 15) is 4.79 Å². The number of rotatable bonds is 4. The van der Waals surface area contributed by atoms with Crippen LogP contribution in [0.2, 0.25) is 0 Å². The number of amides is 1. The van der Waals surface area contributed by atoms with Crippen LogP contribution in [0.25, 0.3) is 0 Å². The van der Waals surface area contributed by atoms with Crippen molar-refractivity contribution < 1.29 is 4.79 Å². The maximum Gasteiger partial charge on any atom is 0.242 e. The first-order valence-corrected chi connectivity index (χ1v) is 6.75. The molecule has 0 radical (unpaired) electrons. The Bertz CT molecular complexity index is 468. The first kappa shape index (κ1) is 13.9. The molecule has 106 valence electrons. The van der Waals surface area contributed by atoms with Gasteiger partial charge in [0, 0.05) is 32.7 Å². The van der Waals surface area contributed by atoms with Gasteiger partial charge >= 0.3 is 0 Å². The van der Waals surface area contributed by atoms with Gasteiger partial charge in [-0.2, -0.15) is 5.10 Å². The van der Waals surface area contributed by atoms with Gasteiger partial charge in [0.1, 0.15) is 11.9 Å². The summed E-state index contributed by atoms with van der Waals surface area (Å²) in [5, 5.41) is 10.4. The number of likely N-dealkylation sites (N-methyl/N-ethyl adjacent to an activating group) is 1. The van der Waals surface area contributed by atoms with Crippen LogP contribution in [0.3, 0.4) is 0 Å². The van der Waals surface area contributed by atoms with Crippen LogP contribution in [-0.4, -0.2) is 42.4 Å². The SMILES string of the molecule is CNCc1c(C)nn(C)c1N1CCCC1C(=O)NC. The maximum absolute atomic E-state index is 12.0. The molecule has 1 aromatic rings. The van der Waals surface area contributed by atoms with Crippen molar-refractivity contribution in [3.8, 4) is 0 Å². The number of carbonyl (C=O) groups excluding carboxylic acids is 1. The zero-order valence-corrected chi connectivity index (χ0v) is 12.2. The number of hydrogen-bond donors (Lipinski definition) is 2. The van der Waals surface area contributed by atoms with E-state index >= 15 is 0 Å². The average Bonchev–Trinajstić information content (AvgIpc) is 2.95. The molecule has 1 aliphatic rings. The van der Waals surface area contributed by atoms with E-state index in [1.807, 2.05) is 25.7 Å². The van der Waals surface area contributed by atoms with E-state index in [1.54, 1.807) is 7.05 Å². The van der Waals surface area contributed by atoms with Crippen molar-refractivity contribution in [2.75, 3.05) is 25.5 Å². The second-order valence-corrected chi connectivity index (χ2v) is 5.01. The van der Waals surface area contributed by atoms with Crippen LogP contribution in [0, 0.1) is 6.92 Å².